The van der Waals surface area contributed by atoms with E-state index in [2.05, 4.69) is 42.5 Å². The highest BCUT2D eigenvalue weighted by atomic mass is 16.5. The van der Waals surface area contributed by atoms with Gasteiger partial charge in [0, 0.05) is 11.8 Å². The summed E-state index contributed by atoms with van der Waals surface area (Å²) < 4.78 is 5.40. The highest BCUT2D eigenvalue weighted by molar-refractivity contribution is 5.72. The quantitative estimate of drug-likeness (QED) is 0.526. The largest absolute Gasteiger partial charge is 0.427 e. The first-order chi connectivity index (χ1) is 11.7. The molecular weight excluding hydrogens is 296 g/mol. The fraction of sp³-hybridized carbons (Fsp3) is 0.409. The fourth-order valence-electron chi connectivity index (χ4n) is 3.89. The van der Waals surface area contributed by atoms with Crippen molar-refractivity contribution in [3.8, 4) is 5.75 Å². The van der Waals surface area contributed by atoms with E-state index in [0.717, 1.165) is 6.42 Å². The van der Waals surface area contributed by atoms with Crippen LogP contribution in [0.3, 0.4) is 0 Å². The summed E-state index contributed by atoms with van der Waals surface area (Å²) in [7, 11) is 0. The van der Waals surface area contributed by atoms with Gasteiger partial charge in [-0.1, -0.05) is 68.7 Å². The Labute approximate surface area is 144 Å². The van der Waals surface area contributed by atoms with Crippen molar-refractivity contribution < 1.29 is 9.53 Å². The molecule has 0 bridgehead atoms. The highest BCUT2D eigenvalue weighted by Gasteiger charge is 2.35. The Hall–Kier alpha value is -2.09. The lowest BCUT2D eigenvalue weighted by Crippen LogP contribution is -2.30. The second-order valence-electron chi connectivity index (χ2n) is 6.76. The molecule has 2 aromatic rings. The molecule has 126 valence electrons. The van der Waals surface area contributed by atoms with Gasteiger partial charge in [0.2, 0.25) is 0 Å². The smallest absolute Gasteiger partial charge is 0.311 e. The van der Waals surface area contributed by atoms with Crippen LogP contribution in [0, 0.1) is 0 Å². The van der Waals surface area contributed by atoms with E-state index in [4.69, 9.17) is 4.74 Å². The van der Waals surface area contributed by atoms with Crippen LogP contribution in [0.15, 0.2) is 54.6 Å². The SMILES string of the molecule is CCCC(=O)Oc1ccc(C2(c3ccccc3)CCCCC2)cc1. The van der Waals surface area contributed by atoms with Crippen LogP contribution < -0.4 is 4.74 Å². The summed E-state index contributed by atoms with van der Waals surface area (Å²) in [6.45, 7) is 1.98. The van der Waals surface area contributed by atoms with E-state index < -0.39 is 0 Å². The third kappa shape index (κ3) is 3.53. The maximum Gasteiger partial charge on any atom is 0.311 e. The third-order valence-electron chi connectivity index (χ3n) is 5.13. The molecule has 0 heterocycles. The Bertz CT molecular complexity index is 652. The van der Waals surface area contributed by atoms with Crippen molar-refractivity contribution in [1.82, 2.24) is 0 Å². The molecule has 1 fully saturated rings. The van der Waals surface area contributed by atoms with Gasteiger partial charge in [0.05, 0.1) is 0 Å². The number of carbonyl (C=O) groups is 1. The van der Waals surface area contributed by atoms with Gasteiger partial charge in [-0.15, -0.1) is 0 Å². The number of esters is 1. The molecule has 2 nitrogen and oxygen atoms in total. The van der Waals surface area contributed by atoms with Crippen molar-refractivity contribution in [3.05, 3.63) is 65.7 Å². The van der Waals surface area contributed by atoms with Crippen molar-refractivity contribution >= 4 is 5.97 Å². The Balaban J connectivity index is 1.87. The number of carbonyl (C=O) groups excluding carboxylic acids is 1. The van der Waals surface area contributed by atoms with Crippen molar-refractivity contribution in [2.45, 2.75) is 57.3 Å². The molecule has 0 radical (unpaired) electrons. The second-order valence-corrected chi connectivity index (χ2v) is 6.76. The summed E-state index contributed by atoms with van der Waals surface area (Å²) in [6, 6.07) is 19.0. The molecule has 0 saturated heterocycles. The first-order valence-corrected chi connectivity index (χ1v) is 9.11. The highest BCUT2D eigenvalue weighted by Crippen LogP contribution is 2.45. The van der Waals surface area contributed by atoms with Crippen molar-refractivity contribution in [1.29, 1.82) is 0 Å². The van der Waals surface area contributed by atoms with Crippen LogP contribution in [0.25, 0.3) is 0 Å². The Morgan fingerprint density at radius 3 is 2.17 bits per heavy atom. The van der Waals surface area contributed by atoms with Crippen LogP contribution in [0.5, 0.6) is 5.75 Å². The predicted molar refractivity (Wildman–Crippen MR) is 97.3 cm³/mol. The Kier molecular flexibility index (Phi) is 5.34. The normalized spacial score (nSPS) is 16.5. The molecule has 0 N–H and O–H groups in total. The van der Waals surface area contributed by atoms with Crippen molar-refractivity contribution in [2.24, 2.45) is 0 Å². The molecule has 3 rings (SSSR count). The molecule has 0 unspecified atom stereocenters. The zero-order valence-corrected chi connectivity index (χ0v) is 14.5. The fourth-order valence-corrected chi connectivity index (χ4v) is 3.89. The molecule has 2 heteroatoms. The zero-order valence-electron chi connectivity index (χ0n) is 14.5. The lowest BCUT2D eigenvalue weighted by atomic mass is 9.65. The minimum atomic E-state index is -0.152. The molecule has 1 aliphatic carbocycles. The molecule has 0 spiro atoms. The van der Waals surface area contributed by atoms with Crippen LogP contribution in [0.2, 0.25) is 0 Å². The number of hydrogen-bond donors (Lipinski definition) is 0. The maximum absolute atomic E-state index is 11.7. The monoisotopic (exact) mass is 322 g/mol. The van der Waals surface area contributed by atoms with E-state index in [9.17, 15) is 4.79 Å². The molecule has 24 heavy (non-hydrogen) atoms. The van der Waals surface area contributed by atoms with E-state index in [0.29, 0.717) is 12.2 Å². The van der Waals surface area contributed by atoms with E-state index in [-0.39, 0.29) is 11.4 Å². The molecular formula is C22H26O2. The van der Waals surface area contributed by atoms with Crippen LogP contribution >= 0.6 is 0 Å². The minimum absolute atomic E-state index is 0.103. The molecule has 0 atom stereocenters. The summed E-state index contributed by atoms with van der Waals surface area (Å²) in [5, 5.41) is 0. The van der Waals surface area contributed by atoms with Gasteiger partial charge in [-0.2, -0.15) is 0 Å². The Morgan fingerprint density at radius 1 is 0.917 bits per heavy atom. The second kappa shape index (κ2) is 7.65. The summed E-state index contributed by atoms with van der Waals surface area (Å²) in [6.07, 6.45) is 7.51. The lowest BCUT2D eigenvalue weighted by molar-refractivity contribution is -0.134. The number of benzene rings is 2. The molecule has 2 aromatic carbocycles. The molecule has 0 aromatic heterocycles. The minimum Gasteiger partial charge on any atom is -0.427 e. The molecule has 0 aliphatic heterocycles. The van der Waals surface area contributed by atoms with Gasteiger partial charge in [-0.25, -0.2) is 0 Å². The van der Waals surface area contributed by atoms with E-state index >= 15 is 0 Å². The molecule has 0 amide bonds. The van der Waals surface area contributed by atoms with Crippen LogP contribution in [-0.2, 0) is 10.2 Å². The summed E-state index contributed by atoms with van der Waals surface area (Å²) in [4.78, 5) is 11.7. The van der Waals surface area contributed by atoms with Gasteiger partial charge < -0.3 is 4.74 Å². The van der Waals surface area contributed by atoms with E-state index in [1.165, 1.54) is 43.2 Å². The first kappa shape index (κ1) is 16.8. The van der Waals surface area contributed by atoms with Crippen molar-refractivity contribution in [3.63, 3.8) is 0 Å². The van der Waals surface area contributed by atoms with Gasteiger partial charge in [0.15, 0.2) is 0 Å². The van der Waals surface area contributed by atoms with Crippen LogP contribution in [-0.4, -0.2) is 5.97 Å². The van der Waals surface area contributed by atoms with E-state index in [1.807, 2.05) is 19.1 Å². The number of hydrogen-bond acceptors (Lipinski definition) is 2. The van der Waals surface area contributed by atoms with Gasteiger partial charge in [-0.05, 0) is 42.5 Å². The number of ether oxygens (including phenoxy) is 1. The first-order valence-electron chi connectivity index (χ1n) is 9.11. The topological polar surface area (TPSA) is 26.3 Å². The van der Waals surface area contributed by atoms with Crippen LogP contribution in [0.1, 0.15) is 63.0 Å². The maximum atomic E-state index is 11.7. The van der Waals surface area contributed by atoms with Gasteiger partial charge >= 0.3 is 5.97 Å². The Morgan fingerprint density at radius 2 is 1.54 bits per heavy atom. The average Bonchev–Trinajstić information content (AvgIpc) is 2.64. The van der Waals surface area contributed by atoms with Gasteiger partial charge in [0.1, 0.15) is 5.75 Å². The van der Waals surface area contributed by atoms with Gasteiger partial charge in [0.25, 0.3) is 0 Å². The zero-order chi connectivity index (χ0) is 16.8. The summed E-state index contributed by atoms with van der Waals surface area (Å²) in [5.74, 6) is 0.497. The average molecular weight is 322 g/mol. The molecule has 1 saturated carbocycles. The number of rotatable bonds is 5. The standard InChI is InChI=1S/C22H26O2/c1-2-9-21(23)24-20-14-12-19(13-15-20)22(16-7-4-8-17-22)18-10-5-3-6-11-18/h3,5-6,10-15H,2,4,7-9,16-17H2,1H3. The van der Waals surface area contributed by atoms with Crippen molar-refractivity contribution in [2.75, 3.05) is 0 Å². The third-order valence-corrected chi connectivity index (χ3v) is 5.13. The predicted octanol–water partition coefficient (Wildman–Crippen LogP) is 5.64. The molecule has 1 aliphatic rings. The van der Waals surface area contributed by atoms with Crippen LogP contribution in [0.4, 0.5) is 0 Å². The van der Waals surface area contributed by atoms with E-state index in [1.54, 1.807) is 0 Å². The summed E-state index contributed by atoms with van der Waals surface area (Å²) >= 11 is 0. The lowest BCUT2D eigenvalue weighted by Gasteiger charge is -2.38. The summed E-state index contributed by atoms with van der Waals surface area (Å²) in [5.41, 5.74) is 2.84. The van der Waals surface area contributed by atoms with Gasteiger partial charge in [-0.3, -0.25) is 4.79 Å².